The Bertz CT molecular complexity index is 1150. The summed E-state index contributed by atoms with van der Waals surface area (Å²) in [5.41, 5.74) is 0.891. The third-order valence-electron chi connectivity index (χ3n) is 4.46. The number of carbonyl (C=O) groups is 3. The molecule has 33 heavy (non-hydrogen) atoms. The molecule has 0 fully saturated rings. The molecule has 1 aromatic heterocycles. The Morgan fingerprint density at radius 3 is 2.52 bits per heavy atom. The maximum atomic E-state index is 13.7. The molecule has 1 heterocycles. The van der Waals surface area contributed by atoms with Crippen molar-refractivity contribution in [3.63, 3.8) is 0 Å². The van der Waals surface area contributed by atoms with Crippen molar-refractivity contribution < 1.29 is 23.5 Å². The number of esters is 1. The smallest absolute Gasteiger partial charge is 0.338 e. The maximum Gasteiger partial charge on any atom is 0.338 e. The summed E-state index contributed by atoms with van der Waals surface area (Å²) in [5, 5.41) is 13.9. The fraction of sp³-hybridized carbons (Fsp3) is 0.227. The van der Waals surface area contributed by atoms with Gasteiger partial charge in [-0.3, -0.25) is 9.59 Å². The largest absolute Gasteiger partial charge is 0.462 e. The van der Waals surface area contributed by atoms with Crippen molar-refractivity contribution in [2.75, 3.05) is 17.7 Å². The number of hydrogen-bond donors (Lipinski definition) is 2. The van der Waals surface area contributed by atoms with Crippen LogP contribution in [-0.2, 0) is 23.1 Å². The molecule has 3 aromatic rings. The lowest BCUT2D eigenvalue weighted by molar-refractivity contribution is -0.113. The number of nitrogens with zero attached hydrogens (tertiary/aromatic N) is 3. The zero-order valence-electron chi connectivity index (χ0n) is 18.0. The van der Waals surface area contributed by atoms with Crippen LogP contribution in [0.5, 0.6) is 0 Å². The first-order valence-electron chi connectivity index (χ1n) is 10.00. The van der Waals surface area contributed by atoms with E-state index < -0.39 is 17.7 Å². The predicted molar refractivity (Wildman–Crippen MR) is 120 cm³/mol. The van der Waals surface area contributed by atoms with Gasteiger partial charge in [0.05, 0.1) is 30.0 Å². The van der Waals surface area contributed by atoms with Crippen molar-refractivity contribution in [3.8, 4) is 0 Å². The molecule has 0 aliphatic carbocycles. The van der Waals surface area contributed by atoms with Gasteiger partial charge >= 0.3 is 5.97 Å². The first kappa shape index (κ1) is 23.9. The second-order valence-corrected chi connectivity index (χ2v) is 7.70. The van der Waals surface area contributed by atoms with Crippen LogP contribution in [0.3, 0.4) is 0 Å². The molecule has 2 aromatic carbocycles. The minimum atomic E-state index is -0.606. The topological polar surface area (TPSA) is 115 Å². The number of halogens is 1. The molecule has 2 amide bonds. The van der Waals surface area contributed by atoms with Crippen molar-refractivity contribution in [1.29, 1.82) is 0 Å². The summed E-state index contributed by atoms with van der Waals surface area (Å²) in [6.45, 7) is 2.07. The summed E-state index contributed by atoms with van der Waals surface area (Å²) in [6.07, 6.45) is 0. The number of hydrogen-bond acceptors (Lipinski definition) is 7. The van der Waals surface area contributed by atoms with E-state index in [0.717, 1.165) is 0 Å². The molecule has 0 atom stereocenters. The van der Waals surface area contributed by atoms with Crippen LogP contribution in [0.15, 0.2) is 53.7 Å². The van der Waals surface area contributed by atoms with Crippen LogP contribution in [0.25, 0.3) is 0 Å². The van der Waals surface area contributed by atoms with Crippen molar-refractivity contribution in [1.82, 2.24) is 20.1 Å². The van der Waals surface area contributed by atoms with Gasteiger partial charge in [0.2, 0.25) is 5.91 Å². The number of thioether (sulfide) groups is 1. The van der Waals surface area contributed by atoms with Crippen LogP contribution in [0, 0.1) is 5.82 Å². The molecule has 3 rings (SSSR count). The monoisotopic (exact) mass is 471 g/mol. The summed E-state index contributed by atoms with van der Waals surface area (Å²) in [4.78, 5) is 36.1. The minimum Gasteiger partial charge on any atom is -0.462 e. The number of aromatic nitrogens is 3. The van der Waals surface area contributed by atoms with E-state index in [1.165, 1.54) is 30.0 Å². The predicted octanol–water partition coefficient (Wildman–Crippen LogP) is 2.79. The second-order valence-electron chi connectivity index (χ2n) is 6.76. The van der Waals surface area contributed by atoms with E-state index in [1.807, 2.05) is 0 Å². The molecule has 0 saturated heterocycles. The van der Waals surface area contributed by atoms with Crippen LogP contribution < -0.4 is 10.6 Å². The highest BCUT2D eigenvalue weighted by molar-refractivity contribution is 7.99. The van der Waals surface area contributed by atoms with E-state index in [2.05, 4.69) is 20.8 Å². The molecule has 0 aliphatic heterocycles. The SMILES string of the molecule is CCOC(=O)c1ccc(NC(=O)CSc2nnc(CNC(=O)c3ccccc3F)n2C)cc1. The molecule has 172 valence electrons. The molecule has 11 heteroatoms. The molecule has 0 aliphatic rings. The number of rotatable bonds is 9. The number of benzene rings is 2. The quantitative estimate of drug-likeness (QED) is 0.364. The van der Waals surface area contributed by atoms with Gasteiger partial charge < -0.3 is 19.9 Å². The highest BCUT2D eigenvalue weighted by Gasteiger charge is 2.15. The molecule has 0 bridgehead atoms. The molecular formula is C22H22FN5O4S. The van der Waals surface area contributed by atoms with Crippen molar-refractivity contribution in [3.05, 3.63) is 71.3 Å². The van der Waals surface area contributed by atoms with Crippen molar-refractivity contribution in [2.24, 2.45) is 7.05 Å². The fourth-order valence-electron chi connectivity index (χ4n) is 2.76. The Balaban J connectivity index is 1.50. The summed E-state index contributed by atoms with van der Waals surface area (Å²) in [5.74, 6) is -1.32. The number of nitrogens with one attached hydrogen (secondary N) is 2. The van der Waals surface area contributed by atoms with E-state index in [0.29, 0.717) is 22.2 Å². The fourth-order valence-corrected chi connectivity index (χ4v) is 3.49. The van der Waals surface area contributed by atoms with Gasteiger partial charge in [0.1, 0.15) is 5.82 Å². The van der Waals surface area contributed by atoms with Gasteiger partial charge in [0.15, 0.2) is 11.0 Å². The van der Waals surface area contributed by atoms with Gasteiger partial charge in [-0.2, -0.15) is 0 Å². The third-order valence-corrected chi connectivity index (χ3v) is 5.48. The average molecular weight is 472 g/mol. The molecule has 0 saturated carbocycles. The minimum absolute atomic E-state index is 0.0518. The molecule has 2 N–H and O–H groups in total. The Morgan fingerprint density at radius 1 is 1.09 bits per heavy atom. The zero-order valence-corrected chi connectivity index (χ0v) is 18.8. The van der Waals surface area contributed by atoms with Gasteiger partial charge in [-0.05, 0) is 43.3 Å². The number of anilines is 1. The highest BCUT2D eigenvalue weighted by atomic mass is 32.2. The van der Waals surface area contributed by atoms with Crippen LogP contribution in [-0.4, -0.2) is 44.9 Å². The van der Waals surface area contributed by atoms with Gasteiger partial charge in [-0.25, -0.2) is 9.18 Å². The Kier molecular flexibility index (Phi) is 8.14. The van der Waals surface area contributed by atoms with Crippen LogP contribution in [0.1, 0.15) is 33.5 Å². The van der Waals surface area contributed by atoms with Gasteiger partial charge in [0.25, 0.3) is 5.91 Å². The van der Waals surface area contributed by atoms with Gasteiger partial charge in [-0.1, -0.05) is 23.9 Å². The maximum absolute atomic E-state index is 13.7. The summed E-state index contributed by atoms with van der Waals surface area (Å²) in [6, 6.07) is 12.1. The molecule has 0 unspecified atom stereocenters. The van der Waals surface area contributed by atoms with E-state index >= 15 is 0 Å². The zero-order chi connectivity index (χ0) is 23.8. The summed E-state index contributed by atoms with van der Waals surface area (Å²) in [7, 11) is 1.71. The molecular weight excluding hydrogens is 449 g/mol. The van der Waals surface area contributed by atoms with Crippen molar-refractivity contribution in [2.45, 2.75) is 18.6 Å². The Morgan fingerprint density at radius 2 is 1.82 bits per heavy atom. The Hall–Kier alpha value is -3.73. The van der Waals surface area contributed by atoms with E-state index in [1.54, 1.807) is 48.9 Å². The number of amides is 2. The first-order valence-corrected chi connectivity index (χ1v) is 11.0. The molecule has 9 nitrogen and oxygen atoms in total. The van der Waals surface area contributed by atoms with E-state index in [9.17, 15) is 18.8 Å². The van der Waals surface area contributed by atoms with Gasteiger partial charge in [0, 0.05) is 12.7 Å². The summed E-state index contributed by atoms with van der Waals surface area (Å²) < 4.78 is 20.3. The van der Waals surface area contributed by atoms with Crippen LogP contribution >= 0.6 is 11.8 Å². The number of ether oxygens (including phenoxy) is 1. The lowest BCUT2D eigenvalue weighted by Gasteiger charge is -2.07. The normalized spacial score (nSPS) is 10.5. The summed E-state index contributed by atoms with van der Waals surface area (Å²) >= 11 is 1.17. The van der Waals surface area contributed by atoms with Crippen LogP contribution in [0.2, 0.25) is 0 Å². The average Bonchev–Trinajstić information content (AvgIpc) is 3.16. The Labute approximate surface area is 193 Å². The lowest BCUT2D eigenvalue weighted by atomic mass is 10.2. The lowest BCUT2D eigenvalue weighted by Crippen LogP contribution is -2.25. The highest BCUT2D eigenvalue weighted by Crippen LogP contribution is 2.17. The van der Waals surface area contributed by atoms with E-state index in [4.69, 9.17) is 4.74 Å². The number of carbonyl (C=O) groups excluding carboxylic acids is 3. The third kappa shape index (κ3) is 6.39. The first-order chi connectivity index (χ1) is 15.9. The standard InChI is InChI=1S/C22H22FN5O4S/c1-3-32-21(31)14-8-10-15(11-9-14)25-19(29)13-33-22-27-26-18(28(22)2)12-24-20(30)16-6-4-5-7-17(16)23/h4-11H,3,12-13H2,1-2H3,(H,24,30)(H,25,29). The van der Waals surface area contributed by atoms with Crippen LogP contribution in [0.4, 0.5) is 10.1 Å². The van der Waals surface area contributed by atoms with Gasteiger partial charge in [-0.15, -0.1) is 10.2 Å². The van der Waals surface area contributed by atoms with Crippen molar-refractivity contribution >= 4 is 35.2 Å². The second kappa shape index (κ2) is 11.2. The van der Waals surface area contributed by atoms with E-state index in [-0.39, 0.29) is 30.4 Å². The molecule has 0 spiro atoms. The molecule has 0 radical (unpaired) electrons.